The van der Waals surface area contributed by atoms with Crippen LogP contribution in [-0.4, -0.2) is 122 Å². The molecule has 14 heteroatoms. The maximum atomic E-state index is 14.6. The fraction of sp³-hybridized carbons (Fsp3) is 0.632. The summed E-state index contributed by atoms with van der Waals surface area (Å²) < 4.78 is 38.7. The van der Waals surface area contributed by atoms with Gasteiger partial charge in [-0.1, -0.05) is 0 Å². The Morgan fingerprint density at radius 2 is 1.65 bits per heavy atom. The Morgan fingerprint density at radius 3 is 2.29 bits per heavy atom. The number of alkyl halides is 2. The molecule has 2 fully saturated rings. The monoisotopic (exact) mass is 721 g/mol. The molecule has 0 saturated carbocycles. The minimum Gasteiger partial charge on any atom is -0.444 e. The van der Waals surface area contributed by atoms with Crippen molar-refractivity contribution in [1.29, 1.82) is 0 Å². The molecule has 0 spiro atoms. The number of piperazine rings is 1. The predicted octanol–water partition coefficient (Wildman–Crippen LogP) is 5.40. The molecule has 4 aliphatic rings. The first-order valence-corrected chi connectivity index (χ1v) is 18.8. The van der Waals surface area contributed by atoms with E-state index in [4.69, 9.17) is 9.84 Å². The molecule has 7 rings (SSSR count). The number of carbonyl (C=O) groups excluding carboxylic acids is 2. The molecule has 0 N–H and O–H groups in total. The van der Waals surface area contributed by atoms with Crippen molar-refractivity contribution < 1.29 is 23.1 Å². The van der Waals surface area contributed by atoms with Gasteiger partial charge in [-0.25, -0.2) is 13.6 Å². The number of carbonyl (C=O) groups is 2. The van der Waals surface area contributed by atoms with Gasteiger partial charge in [0.05, 0.1) is 18.8 Å². The van der Waals surface area contributed by atoms with E-state index in [2.05, 4.69) is 24.5 Å². The van der Waals surface area contributed by atoms with Gasteiger partial charge < -0.3 is 24.3 Å². The van der Waals surface area contributed by atoms with Crippen molar-refractivity contribution in [2.45, 2.75) is 84.4 Å². The third-order valence-corrected chi connectivity index (χ3v) is 11.0. The lowest BCUT2D eigenvalue weighted by Crippen LogP contribution is -2.51. The second-order valence-corrected chi connectivity index (χ2v) is 15.8. The lowest BCUT2D eigenvalue weighted by molar-refractivity contribution is -0.129. The topological polar surface area (TPSA) is 95.2 Å². The van der Waals surface area contributed by atoms with Gasteiger partial charge in [0.15, 0.2) is 5.82 Å². The summed E-state index contributed by atoms with van der Waals surface area (Å²) in [4.78, 5) is 35.8. The number of aryl methyl sites for hydroxylation is 2. The smallest absolute Gasteiger partial charge is 0.410 e. The van der Waals surface area contributed by atoms with Gasteiger partial charge >= 0.3 is 6.09 Å². The predicted molar refractivity (Wildman–Crippen MR) is 195 cm³/mol. The van der Waals surface area contributed by atoms with Gasteiger partial charge in [-0.3, -0.25) is 19.1 Å². The van der Waals surface area contributed by atoms with Crippen LogP contribution in [0.15, 0.2) is 24.5 Å². The summed E-state index contributed by atoms with van der Waals surface area (Å²) in [7, 11) is 1.79. The highest BCUT2D eigenvalue weighted by Gasteiger charge is 2.35. The summed E-state index contributed by atoms with van der Waals surface area (Å²) >= 11 is 0. The molecule has 52 heavy (non-hydrogen) atoms. The van der Waals surface area contributed by atoms with Crippen molar-refractivity contribution >= 4 is 23.5 Å². The Balaban J connectivity index is 1.06. The van der Waals surface area contributed by atoms with Crippen LogP contribution in [0.25, 0.3) is 11.1 Å². The number of rotatable bonds is 7. The first-order valence-electron chi connectivity index (χ1n) is 18.8. The zero-order chi connectivity index (χ0) is 36.7. The van der Waals surface area contributed by atoms with E-state index in [-0.39, 0.29) is 23.6 Å². The molecular weight excluding hydrogens is 668 g/mol. The molecule has 3 aromatic rings. The molecule has 2 amide bonds. The Hall–Kier alpha value is -4.04. The van der Waals surface area contributed by atoms with E-state index >= 15 is 0 Å². The normalized spacial score (nSPS) is 19.3. The Morgan fingerprint density at radius 1 is 0.942 bits per heavy atom. The largest absolute Gasteiger partial charge is 0.444 e. The van der Waals surface area contributed by atoms with E-state index in [1.54, 1.807) is 37.1 Å². The number of likely N-dealkylation sites (tertiary alicyclic amines) is 1. The van der Waals surface area contributed by atoms with Crippen LogP contribution in [0.3, 0.4) is 0 Å². The second-order valence-electron chi connectivity index (χ2n) is 15.8. The van der Waals surface area contributed by atoms with Crippen LogP contribution in [0.5, 0.6) is 0 Å². The Kier molecular flexibility index (Phi) is 10.3. The summed E-state index contributed by atoms with van der Waals surface area (Å²) in [5.74, 6) is 0.827. The van der Waals surface area contributed by atoms with E-state index in [0.717, 1.165) is 94.0 Å². The van der Waals surface area contributed by atoms with Crippen molar-refractivity contribution in [1.82, 2.24) is 39.2 Å². The molecular formula is C38H53F2N9O3. The van der Waals surface area contributed by atoms with Gasteiger partial charge in [0.2, 0.25) is 5.91 Å². The van der Waals surface area contributed by atoms with Crippen molar-refractivity contribution in [2.24, 2.45) is 7.05 Å². The van der Waals surface area contributed by atoms with Crippen molar-refractivity contribution in [3.8, 4) is 11.1 Å². The molecule has 6 heterocycles. The molecule has 0 radical (unpaired) electrons. The molecule has 12 nitrogen and oxygen atoms in total. The lowest BCUT2D eigenvalue weighted by atomic mass is 9.92. The van der Waals surface area contributed by atoms with Crippen LogP contribution in [0.2, 0.25) is 0 Å². The third-order valence-electron chi connectivity index (χ3n) is 11.0. The van der Waals surface area contributed by atoms with Crippen LogP contribution in [0.4, 0.5) is 25.1 Å². The SMILES string of the molecule is CC(=O)N1CCc2c(c(N3CCCc4cc(-c5cnn(C)c5)c(C(F)F)cc43)nn2C2CCN(CCN3CCN(C(=O)OC(C)(C)C)CC3)CC2)C1. The van der Waals surface area contributed by atoms with Gasteiger partial charge in [-0.05, 0) is 69.7 Å². The van der Waals surface area contributed by atoms with E-state index in [9.17, 15) is 18.4 Å². The first kappa shape index (κ1) is 36.3. The number of anilines is 2. The number of halogens is 2. The van der Waals surface area contributed by atoms with Gasteiger partial charge in [0, 0.05) is 120 Å². The van der Waals surface area contributed by atoms with Crippen LogP contribution in [0.1, 0.15) is 81.8 Å². The van der Waals surface area contributed by atoms with Gasteiger partial charge in [0.25, 0.3) is 6.43 Å². The van der Waals surface area contributed by atoms with Gasteiger partial charge in [0.1, 0.15) is 5.60 Å². The number of hydrogen-bond donors (Lipinski definition) is 0. The molecule has 0 atom stereocenters. The highest BCUT2D eigenvalue weighted by Crippen LogP contribution is 2.43. The van der Waals surface area contributed by atoms with Crippen LogP contribution in [0, 0.1) is 0 Å². The maximum absolute atomic E-state index is 14.6. The van der Waals surface area contributed by atoms with E-state index in [1.165, 1.54) is 5.69 Å². The number of nitrogens with zero attached hydrogens (tertiary/aromatic N) is 9. The fourth-order valence-electron chi connectivity index (χ4n) is 8.23. The standard InChI is InChI=1S/C38H53F2N9O3/c1-26(50)47-14-10-33-32(25-47)36(48-11-6-7-27-21-30(28-23-41-43(5)24-28)31(35(39)40)22-34(27)48)42-49(33)29-8-12-44(13-9-29)15-16-45-17-19-46(20-18-45)37(51)52-38(2,3)4/h21-24,29,35H,6-20,25H2,1-5H3. The molecule has 2 saturated heterocycles. The molecule has 1 aromatic carbocycles. The summed E-state index contributed by atoms with van der Waals surface area (Å²) in [6, 6.07) is 3.81. The van der Waals surface area contributed by atoms with Crippen LogP contribution < -0.4 is 4.90 Å². The maximum Gasteiger partial charge on any atom is 0.410 e. The van der Waals surface area contributed by atoms with Gasteiger partial charge in [-0.2, -0.15) is 10.2 Å². The molecule has 2 aromatic heterocycles. The zero-order valence-electron chi connectivity index (χ0n) is 31.3. The van der Waals surface area contributed by atoms with Crippen molar-refractivity contribution in [3.05, 3.63) is 46.9 Å². The number of ether oxygens (including phenoxy) is 1. The second kappa shape index (κ2) is 14.8. The minimum absolute atomic E-state index is 0.00500. The number of amides is 2. The van der Waals surface area contributed by atoms with Crippen LogP contribution >= 0.6 is 0 Å². The number of hydrogen-bond acceptors (Lipinski definition) is 8. The van der Waals surface area contributed by atoms with Gasteiger partial charge in [-0.15, -0.1) is 0 Å². The number of aromatic nitrogens is 4. The lowest BCUT2D eigenvalue weighted by Gasteiger charge is -2.38. The molecule has 282 valence electrons. The molecule has 0 unspecified atom stereocenters. The summed E-state index contributed by atoms with van der Waals surface area (Å²) in [5.41, 5.74) is 4.73. The third kappa shape index (κ3) is 7.68. The zero-order valence-corrected chi connectivity index (χ0v) is 31.3. The molecule has 4 aliphatic heterocycles. The summed E-state index contributed by atoms with van der Waals surface area (Å²) in [6.45, 7) is 16.0. The van der Waals surface area contributed by atoms with E-state index in [0.29, 0.717) is 43.9 Å². The highest BCUT2D eigenvalue weighted by molar-refractivity contribution is 5.78. The van der Waals surface area contributed by atoms with Crippen molar-refractivity contribution in [2.75, 3.05) is 70.3 Å². The number of piperidine rings is 1. The summed E-state index contributed by atoms with van der Waals surface area (Å²) in [5, 5.41) is 9.55. The summed E-state index contributed by atoms with van der Waals surface area (Å²) in [6.07, 6.45) is 4.88. The number of fused-ring (bicyclic) bond motifs is 2. The molecule has 0 bridgehead atoms. The first-order chi connectivity index (χ1) is 24.8. The number of benzene rings is 1. The van der Waals surface area contributed by atoms with Crippen molar-refractivity contribution in [3.63, 3.8) is 0 Å². The highest BCUT2D eigenvalue weighted by atomic mass is 19.3. The van der Waals surface area contributed by atoms with E-state index < -0.39 is 12.0 Å². The fourth-order valence-corrected chi connectivity index (χ4v) is 8.23. The Labute approximate surface area is 305 Å². The molecule has 0 aliphatic carbocycles. The van der Waals surface area contributed by atoms with Crippen LogP contribution in [-0.2, 0) is 36.0 Å². The minimum atomic E-state index is -2.64. The quantitative estimate of drug-likeness (QED) is 0.321. The average Bonchev–Trinajstić information content (AvgIpc) is 3.73. The Bertz CT molecular complexity index is 1770. The average molecular weight is 722 g/mol. The van der Waals surface area contributed by atoms with E-state index in [1.807, 2.05) is 36.6 Å².